The van der Waals surface area contributed by atoms with Crippen LogP contribution < -0.4 is 10.5 Å². The molecular weight excluding hydrogens is 418 g/mol. The molecule has 0 radical (unpaired) electrons. The molecule has 1 aliphatic heterocycles. The van der Waals surface area contributed by atoms with Crippen LogP contribution in [0, 0.1) is 0 Å². The topological polar surface area (TPSA) is 103 Å². The maximum absolute atomic E-state index is 13.3. The summed E-state index contributed by atoms with van der Waals surface area (Å²) in [6.07, 6.45) is -4.92. The van der Waals surface area contributed by atoms with Crippen LogP contribution in [0.1, 0.15) is 16.9 Å². The number of alkyl halides is 4. The van der Waals surface area contributed by atoms with Gasteiger partial charge in [-0.25, -0.2) is 17.8 Å². The van der Waals surface area contributed by atoms with Crippen molar-refractivity contribution in [2.75, 3.05) is 18.8 Å². The van der Waals surface area contributed by atoms with Crippen LogP contribution in [0.25, 0.3) is 0 Å². The number of hydrogen-bond donors (Lipinski definition) is 1. The van der Waals surface area contributed by atoms with Crippen LogP contribution in [0.5, 0.6) is 5.75 Å². The van der Waals surface area contributed by atoms with E-state index in [1.807, 2.05) is 0 Å². The van der Waals surface area contributed by atoms with Crippen molar-refractivity contribution in [3.8, 4) is 5.75 Å². The first-order valence-corrected chi connectivity index (χ1v) is 9.75. The smallest absolute Gasteiger partial charge is 0.406 e. The van der Waals surface area contributed by atoms with Gasteiger partial charge in [-0.3, -0.25) is 4.79 Å². The lowest BCUT2D eigenvalue weighted by Crippen LogP contribution is -2.30. The molecule has 2 N–H and O–H groups in total. The van der Waals surface area contributed by atoms with Crippen molar-refractivity contribution in [3.05, 3.63) is 42.2 Å². The number of nitrogen functional groups attached to an aromatic ring is 1. The molecule has 29 heavy (non-hydrogen) atoms. The monoisotopic (exact) mass is 433 g/mol. The Labute approximate surface area is 163 Å². The maximum Gasteiger partial charge on any atom is 0.573 e. The summed E-state index contributed by atoms with van der Waals surface area (Å²) in [5.41, 5.74) is 5.37. The third-order valence-electron chi connectivity index (χ3n) is 4.19. The zero-order valence-corrected chi connectivity index (χ0v) is 15.5. The highest BCUT2D eigenvalue weighted by atomic mass is 32.2. The summed E-state index contributed by atoms with van der Waals surface area (Å²) >= 11 is 0. The number of halogens is 4. The molecule has 1 aromatic carbocycles. The van der Waals surface area contributed by atoms with E-state index in [2.05, 4.69) is 9.72 Å². The number of aromatic nitrogens is 1. The van der Waals surface area contributed by atoms with E-state index in [1.54, 1.807) is 0 Å². The van der Waals surface area contributed by atoms with E-state index in [9.17, 15) is 30.8 Å². The van der Waals surface area contributed by atoms with Crippen LogP contribution >= 0.6 is 0 Å². The Kier molecular flexibility index (Phi) is 5.39. The first-order chi connectivity index (χ1) is 13.5. The quantitative estimate of drug-likeness (QED) is 0.744. The zero-order valence-electron chi connectivity index (χ0n) is 14.7. The van der Waals surface area contributed by atoms with Crippen LogP contribution in [0.4, 0.5) is 23.2 Å². The molecular formula is C17H15F4N3O4S. The van der Waals surface area contributed by atoms with Crippen molar-refractivity contribution in [3.63, 3.8) is 0 Å². The Morgan fingerprint density at radius 2 is 1.86 bits per heavy atom. The van der Waals surface area contributed by atoms with Gasteiger partial charge < -0.3 is 15.4 Å². The molecule has 2 aromatic rings. The van der Waals surface area contributed by atoms with Crippen molar-refractivity contribution in [1.29, 1.82) is 0 Å². The minimum Gasteiger partial charge on any atom is -0.406 e. The number of pyridine rings is 1. The minimum atomic E-state index is -4.90. The molecule has 1 atom stereocenters. The van der Waals surface area contributed by atoms with E-state index < -0.39 is 34.0 Å². The Hall–Kier alpha value is -2.89. The third-order valence-corrected chi connectivity index (χ3v) is 5.93. The van der Waals surface area contributed by atoms with Gasteiger partial charge in [-0.15, -0.1) is 13.2 Å². The van der Waals surface area contributed by atoms with E-state index in [4.69, 9.17) is 5.73 Å². The summed E-state index contributed by atoms with van der Waals surface area (Å²) < 4.78 is 78.9. The molecule has 0 saturated carbocycles. The zero-order chi connectivity index (χ0) is 21.4. The first kappa shape index (κ1) is 20.8. The number of sulfone groups is 1. The van der Waals surface area contributed by atoms with Gasteiger partial charge in [0.25, 0.3) is 5.91 Å². The van der Waals surface area contributed by atoms with Crippen molar-refractivity contribution in [2.24, 2.45) is 0 Å². The number of carbonyl (C=O) groups is 1. The molecule has 1 fully saturated rings. The fraction of sp³-hybridized carbons (Fsp3) is 0.294. The molecule has 2 heterocycles. The number of nitrogens with two attached hydrogens (primary N) is 1. The number of ether oxygens (including phenoxy) is 1. The fourth-order valence-electron chi connectivity index (χ4n) is 2.80. The van der Waals surface area contributed by atoms with E-state index in [0.29, 0.717) is 0 Å². The number of likely N-dealkylation sites (tertiary alicyclic amines) is 1. The highest BCUT2D eigenvalue weighted by Crippen LogP contribution is 2.28. The van der Waals surface area contributed by atoms with Crippen molar-refractivity contribution >= 4 is 21.4 Å². The molecule has 0 aliphatic carbocycles. The Bertz CT molecular complexity index is 1030. The maximum atomic E-state index is 13.3. The van der Waals surface area contributed by atoms with Gasteiger partial charge >= 0.3 is 6.36 Å². The SMILES string of the molecule is Nc1cc(S(=O)(=O)c2ccc(OC(F)(F)F)cc2)cnc1C(=O)N1CC[C@@H](F)C1. The second kappa shape index (κ2) is 7.50. The summed E-state index contributed by atoms with van der Waals surface area (Å²) in [4.78, 5) is 16.7. The predicted octanol–water partition coefficient (Wildman–Crippen LogP) is 2.58. The number of benzene rings is 1. The normalized spacial score (nSPS) is 17.4. The second-order valence-corrected chi connectivity index (χ2v) is 8.22. The summed E-state index contributed by atoms with van der Waals surface area (Å²) in [5.74, 6) is -1.19. The highest BCUT2D eigenvalue weighted by Gasteiger charge is 2.32. The van der Waals surface area contributed by atoms with Gasteiger partial charge in [-0.05, 0) is 36.8 Å². The Morgan fingerprint density at radius 3 is 2.38 bits per heavy atom. The molecule has 0 bridgehead atoms. The van der Waals surface area contributed by atoms with Gasteiger partial charge in [0.1, 0.15) is 11.9 Å². The lowest BCUT2D eigenvalue weighted by atomic mass is 10.2. The molecule has 1 aromatic heterocycles. The van der Waals surface area contributed by atoms with Crippen LogP contribution in [-0.4, -0.2) is 49.8 Å². The van der Waals surface area contributed by atoms with Gasteiger partial charge in [-0.1, -0.05) is 0 Å². The molecule has 0 spiro atoms. The Balaban J connectivity index is 1.84. The largest absolute Gasteiger partial charge is 0.573 e. The van der Waals surface area contributed by atoms with Gasteiger partial charge in [0, 0.05) is 12.7 Å². The molecule has 12 heteroatoms. The van der Waals surface area contributed by atoms with Crippen LogP contribution in [0.3, 0.4) is 0 Å². The molecule has 3 rings (SSSR count). The molecule has 1 amide bonds. The second-order valence-electron chi connectivity index (χ2n) is 6.27. The van der Waals surface area contributed by atoms with Crippen molar-refractivity contribution in [2.45, 2.75) is 28.7 Å². The van der Waals surface area contributed by atoms with Gasteiger partial charge in [0.05, 0.1) is 22.0 Å². The summed E-state index contributed by atoms with van der Waals surface area (Å²) in [6, 6.07) is 4.62. The number of nitrogens with zero attached hydrogens (tertiary/aromatic N) is 2. The lowest BCUT2D eigenvalue weighted by Gasteiger charge is -2.16. The molecule has 1 saturated heterocycles. The van der Waals surface area contributed by atoms with Crippen LogP contribution in [0.2, 0.25) is 0 Å². The summed E-state index contributed by atoms with van der Waals surface area (Å²) in [6.45, 7) is 0.111. The van der Waals surface area contributed by atoms with E-state index >= 15 is 0 Å². The highest BCUT2D eigenvalue weighted by molar-refractivity contribution is 7.91. The summed E-state index contributed by atoms with van der Waals surface area (Å²) in [5, 5.41) is 0. The van der Waals surface area contributed by atoms with Crippen LogP contribution in [-0.2, 0) is 9.84 Å². The predicted molar refractivity (Wildman–Crippen MR) is 92.6 cm³/mol. The number of hydrogen-bond acceptors (Lipinski definition) is 6. The minimum absolute atomic E-state index is 0.0909. The van der Waals surface area contributed by atoms with Crippen LogP contribution in [0.15, 0.2) is 46.3 Å². The molecule has 0 unspecified atom stereocenters. The van der Waals surface area contributed by atoms with E-state index in [1.165, 1.54) is 4.90 Å². The number of amides is 1. The first-order valence-electron chi connectivity index (χ1n) is 8.27. The molecule has 156 valence electrons. The van der Waals surface area contributed by atoms with Gasteiger partial charge in [-0.2, -0.15) is 0 Å². The Morgan fingerprint density at radius 1 is 1.21 bits per heavy atom. The summed E-state index contributed by atoms with van der Waals surface area (Å²) in [7, 11) is -4.16. The lowest BCUT2D eigenvalue weighted by molar-refractivity contribution is -0.274. The number of rotatable bonds is 4. The standard InChI is InChI=1S/C17H15F4N3O4S/c18-10-5-6-24(9-10)16(25)15-14(22)7-13(8-23-15)29(26,27)12-3-1-11(2-4-12)28-17(19,20)21/h1-4,7-8,10H,5-6,9,22H2/t10-/m1/s1. The number of carbonyl (C=O) groups excluding carboxylic acids is 1. The van der Waals surface area contributed by atoms with Gasteiger partial charge in [0.2, 0.25) is 9.84 Å². The number of anilines is 1. The molecule has 1 aliphatic rings. The van der Waals surface area contributed by atoms with Gasteiger partial charge in [0.15, 0.2) is 5.69 Å². The average Bonchev–Trinajstić information content (AvgIpc) is 3.06. The van der Waals surface area contributed by atoms with E-state index in [-0.39, 0.29) is 40.7 Å². The van der Waals surface area contributed by atoms with Crippen molar-refractivity contribution in [1.82, 2.24) is 9.88 Å². The average molecular weight is 433 g/mol. The van der Waals surface area contributed by atoms with Crippen molar-refractivity contribution < 1.29 is 35.5 Å². The third kappa shape index (κ3) is 4.58. The molecule has 7 nitrogen and oxygen atoms in total. The van der Waals surface area contributed by atoms with E-state index in [0.717, 1.165) is 36.5 Å². The fourth-order valence-corrected chi connectivity index (χ4v) is 4.04.